The van der Waals surface area contributed by atoms with Gasteiger partial charge in [-0.05, 0) is 38.5 Å². The van der Waals surface area contributed by atoms with Crippen LogP contribution in [0.25, 0.3) is 0 Å². The first-order valence-electron chi connectivity index (χ1n) is 8.13. The Labute approximate surface area is 146 Å². The number of amides is 2. The molecule has 0 saturated carbocycles. The van der Waals surface area contributed by atoms with Gasteiger partial charge in [0.15, 0.2) is 0 Å². The quantitative estimate of drug-likeness (QED) is 0.743. The third-order valence-electron chi connectivity index (χ3n) is 3.75. The minimum absolute atomic E-state index is 0.172. The molecular weight excluding hydrogens is 318 g/mol. The van der Waals surface area contributed by atoms with Crippen LogP contribution in [-0.4, -0.2) is 20.8 Å². The van der Waals surface area contributed by atoms with Crippen LogP contribution >= 0.6 is 0 Å². The van der Waals surface area contributed by atoms with Crippen LogP contribution in [0.15, 0.2) is 53.1 Å². The van der Waals surface area contributed by atoms with Crippen molar-refractivity contribution in [3.63, 3.8) is 0 Å². The van der Waals surface area contributed by atoms with Gasteiger partial charge in [-0.15, -0.1) is 5.10 Å². The van der Waals surface area contributed by atoms with E-state index in [1.807, 2.05) is 57.2 Å². The Bertz CT molecular complexity index is 825. The molecule has 0 radical (unpaired) electrons. The molecule has 1 aromatic carbocycles. The molecule has 0 unspecified atom stereocenters. The maximum atomic E-state index is 12.4. The van der Waals surface area contributed by atoms with Crippen molar-refractivity contribution in [3.05, 3.63) is 65.9 Å². The minimum atomic E-state index is -0.399. The molecule has 25 heavy (non-hydrogen) atoms. The van der Waals surface area contributed by atoms with E-state index in [4.69, 9.17) is 4.42 Å². The van der Waals surface area contributed by atoms with Crippen LogP contribution in [0.5, 0.6) is 0 Å². The maximum absolute atomic E-state index is 12.4. The number of furan rings is 1. The SMILES string of the molecule is Cc1nc(NC(=O)N[C@@H](c2ccccc2)c2ccco2)nn1C(C)C. The maximum Gasteiger partial charge on any atom is 0.322 e. The van der Waals surface area contributed by atoms with E-state index in [1.165, 1.54) is 0 Å². The molecule has 0 aliphatic heterocycles. The molecule has 0 saturated heterocycles. The van der Waals surface area contributed by atoms with Gasteiger partial charge in [0.05, 0.1) is 6.26 Å². The number of benzene rings is 1. The number of aromatic nitrogens is 3. The molecule has 2 heterocycles. The summed E-state index contributed by atoms with van der Waals surface area (Å²) in [6.45, 7) is 5.87. The topological polar surface area (TPSA) is 85.0 Å². The summed E-state index contributed by atoms with van der Waals surface area (Å²) in [7, 11) is 0. The Morgan fingerprint density at radius 1 is 1.16 bits per heavy atom. The van der Waals surface area contributed by atoms with Crippen LogP contribution in [0, 0.1) is 6.92 Å². The van der Waals surface area contributed by atoms with E-state index in [0.717, 1.165) is 11.4 Å². The van der Waals surface area contributed by atoms with Crippen molar-refractivity contribution in [1.82, 2.24) is 20.1 Å². The molecule has 130 valence electrons. The monoisotopic (exact) mass is 339 g/mol. The molecule has 7 heteroatoms. The summed E-state index contributed by atoms with van der Waals surface area (Å²) in [6, 6.07) is 12.6. The van der Waals surface area contributed by atoms with Gasteiger partial charge in [-0.3, -0.25) is 5.32 Å². The number of carbonyl (C=O) groups is 1. The second-order valence-corrected chi connectivity index (χ2v) is 5.98. The van der Waals surface area contributed by atoms with E-state index in [2.05, 4.69) is 20.7 Å². The second-order valence-electron chi connectivity index (χ2n) is 5.98. The van der Waals surface area contributed by atoms with Crippen LogP contribution in [-0.2, 0) is 0 Å². The Kier molecular flexibility index (Phi) is 4.83. The first kappa shape index (κ1) is 16.8. The van der Waals surface area contributed by atoms with Gasteiger partial charge in [0, 0.05) is 6.04 Å². The van der Waals surface area contributed by atoms with Crippen molar-refractivity contribution in [3.8, 4) is 0 Å². The summed E-state index contributed by atoms with van der Waals surface area (Å²) in [6.07, 6.45) is 1.58. The van der Waals surface area contributed by atoms with Crippen molar-refractivity contribution < 1.29 is 9.21 Å². The average molecular weight is 339 g/mol. The first-order chi connectivity index (χ1) is 12.0. The predicted molar refractivity (Wildman–Crippen MR) is 94.3 cm³/mol. The van der Waals surface area contributed by atoms with E-state index < -0.39 is 12.1 Å². The van der Waals surface area contributed by atoms with Gasteiger partial charge in [-0.1, -0.05) is 30.3 Å². The number of hydrogen-bond donors (Lipinski definition) is 2. The third-order valence-corrected chi connectivity index (χ3v) is 3.75. The number of carbonyl (C=O) groups excluding carboxylic acids is 1. The smallest absolute Gasteiger partial charge is 0.322 e. The molecule has 0 spiro atoms. The Balaban J connectivity index is 1.76. The van der Waals surface area contributed by atoms with Gasteiger partial charge in [-0.2, -0.15) is 4.98 Å². The molecule has 0 bridgehead atoms. The first-order valence-corrected chi connectivity index (χ1v) is 8.13. The lowest BCUT2D eigenvalue weighted by Gasteiger charge is -2.17. The highest BCUT2D eigenvalue weighted by molar-refractivity contribution is 5.87. The Hall–Kier alpha value is -3.09. The van der Waals surface area contributed by atoms with Gasteiger partial charge < -0.3 is 9.73 Å². The van der Waals surface area contributed by atoms with Crippen molar-refractivity contribution in [2.45, 2.75) is 32.9 Å². The normalized spacial score (nSPS) is 12.2. The zero-order valence-corrected chi connectivity index (χ0v) is 14.4. The minimum Gasteiger partial charge on any atom is -0.467 e. The van der Waals surface area contributed by atoms with Gasteiger partial charge >= 0.3 is 6.03 Å². The highest BCUT2D eigenvalue weighted by Gasteiger charge is 2.20. The fraction of sp³-hybridized carbons (Fsp3) is 0.278. The van der Waals surface area contributed by atoms with Gasteiger partial charge in [0.25, 0.3) is 0 Å². The lowest BCUT2D eigenvalue weighted by Crippen LogP contribution is -2.33. The number of aryl methyl sites for hydroxylation is 1. The van der Waals surface area contributed by atoms with Crippen LogP contribution in [0.3, 0.4) is 0 Å². The van der Waals surface area contributed by atoms with Crippen molar-refractivity contribution in [2.24, 2.45) is 0 Å². The molecule has 2 aromatic heterocycles. The molecule has 2 amide bonds. The van der Waals surface area contributed by atoms with Crippen molar-refractivity contribution >= 4 is 12.0 Å². The fourth-order valence-electron chi connectivity index (χ4n) is 2.63. The fourth-order valence-corrected chi connectivity index (χ4v) is 2.63. The average Bonchev–Trinajstić information content (AvgIpc) is 3.23. The highest BCUT2D eigenvalue weighted by Crippen LogP contribution is 2.22. The molecule has 1 atom stereocenters. The predicted octanol–water partition coefficient (Wildman–Crippen LogP) is 3.67. The van der Waals surface area contributed by atoms with Crippen molar-refractivity contribution in [1.29, 1.82) is 0 Å². The van der Waals surface area contributed by atoms with Gasteiger partial charge in [0.2, 0.25) is 5.95 Å². The summed E-state index contributed by atoms with van der Waals surface area (Å²) in [5.41, 5.74) is 0.921. The Morgan fingerprint density at radius 2 is 1.92 bits per heavy atom. The summed E-state index contributed by atoms with van der Waals surface area (Å²) < 4.78 is 7.24. The number of rotatable bonds is 5. The van der Waals surface area contributed by atoms with Crippen molar-refractivity contribution in [2.75, 3.05) is 5.32 Å². The molecular formula is C18H21N5O2. The van der Waals surface area contributed by atoms with E-state index in [1.54, 1.807) is 17.0 Å². The number of nitrogens with one attached hydrogen (secondary N) is 2. The number of nitrogens with zero attached hydrogens (tertiary/aromatic N) is 3. The summed E-state index contributed by atoms with van der Waals surface area (Å²) >= 11 is 0. The van der Waals surface area contributed by atoms with E-state index in [9.17, 15) is 4.79 Å². The van der Waals surface area contributed by atoms with Crippen LogP contribution in [0.4, 0.5) is 10.7 Å². The van der Waals surface area contributed by atoms with Gasteiger partial charge in [-0.25, -0.2) is 9.48 Å². The van der Waals surface area contributed by atoms with E-state index >= 15 is 0 Å². The second kappa shape index (κ2) is 7.21. The van der Waals surface area contributed by atoms with E-state index in [-0.39, 0.29) is 12.0 Å². The standard InChI is InChI=1S/C18H21N5O2/c1-12(2)23-13(3)19-17(22-23)21-18(24)20-16(15-10-7-11-25-15)14-8-5-4-6-9-14/h4-12,16H,1-3H3,(H2,20,21,22,24)/t16-/m0/s1. The third kappa shape index (κ3) is 3.88. The molecule has 0 aliphatic rings. The largest absolute Gasteiger partial charge is 0.467 e. The molecule has 7 nitrogen and oxygen atoms in total. The zero-order chi connectivity index (χ0) is 17.8. The summed E-state index contributed by atoms with van der Waals surface area (Å²) in [5, 5.41) is 9.90. The summed E-state index contributed by atoms with van der Waals surface area (Å²) in [5.74, 6) is 1.67. The number of urea groups is 1. The highest BCUT2D eigenvalue weighted by atomic mass is 16.3. The van der Waals surface area contributed by atoms with Gasteiger partial charge in [0.1, 0.15) is 17.6 Å². The van der Waals surface area contributed by atoms with Crippen LogP contribution in [0.1, 0.15) is 43.1 Å². The lowest BCUT2D eigenvalue weighted by atomic mass is 10.1. The number of hydrogen-bond acceptors (Lipinski definition) is 4. The lowest BCUT2D eigenvalue weighted by molar-refractivity contribution is 0.248. The van der Waals surface area contributed by atoms with Crippen LogP contribution < -0.4 is 10.6 Å². The van der Waals surface area contributed by atoms with E-state index in [0.29, 0.717) is 5.76 Å². The molecule has 2 N–H and O–H groups in total. The van der Waals surface area contributed by atoms with Crippen LogP contribution in [0.2, 0.25) is 0 Å². The Morgan fingerprint density at radius 3 is 2.52 bits per heavy atom. The molecule has 0 aliphatic carbocycles. The molecule has 3 aromatic rings. The summed E-state index contributed by atoms with van der Waals surface area (Å²) in [4.78, 5) is 16.7. The number of anilines is 1. The molecule has 0 fully saturated rings. The molecule has 3 rings (SSSR count). The zero-order valence-electron chi connectivity index (χ0n) is 14.4.